The van der Waals surface area contributed by atoms with Crippen LogP contribution >= 0.6 is 0 Å². The van der Waals surface area contributed by atoms with Gasteiger partial charge in [0.1, 0.15) is 5.75 Å². The summed E-state index contributed by atoms with van der Waals surface area (Å²) < 4.78 is 5.64. The Morgan fingerprint density at radius 3 is 2.48 bits per heavy atom. The zero-order valence-corrected chi connectivity index (χ0v) is 23.6. The molecule has 4 rings (SSSR count). The minimum atomic E-state index is -0.248. The molecule has 40 heavy (non-hydrogen) atoms. The van der Waals surface area contributed by atoms with Crippen LogP contribution in [0, 0.1) is 0 Å². The predicted octanol–water partition coefficient (Wildman–Crippen LogP) is 3.70. The number of methoxy groups -OCH3 is 1. The van der Waals surface area contributed by atoms with E-state index in [-0.39, 0.29) is 11.5 Å². The van der Waals surface area contributed by atoms with E-state index in [4.69, 9.17) is 16.2 Å². The molecule has 1 heterocycles. The number of nitrogens with one attached hydrogen (secondary N) is 1. The second-order valence-corrected chi connectivity index (χ2v) is 10.2. The zero-order valence-electron chi connectivity index (χ0n) is 23.6. The van der Waals surface area contributed by atoms with Crippen LogP contribution in [0.5, 0.6) is 5.75 Å². The molecule has 7 nitrogen and oxygen atoms in total. The topological polar surface area (TPSA) is 96.9 Å². The SMILES string of the molecule is C=C/C(c1cc(C(=O)C(=C)Nc2cc(N3CCC(N(C)C)CC3)ccc2N)ccc1OC)=c1/cccc/c1=C/N. The van der Waals surface area contributed by atoms with Gasteiger partial charge in [0.15, 0.2) is 0 Å². The third-order valence-electron chi connectivity index (χ3n) is 7.54. The van der Waals surface area contributed by atoms with Gasteiger partial charge in [-0.1, -0.05) is 43.5 Å². The van der Waals surface area contributed by atoms with Crippen molar-refractivity contribution in [3.8, 4) is 5.75 Å². The van der Waals surface area contributed by atoms with Crippen molar-refractivity contribution in [1.82, 2.24) is 4.90 Å². The molecule has 0 atom stereocenters. The van der Waals surface area contributed by atoms with Crippen LogP contribution in [-0.2, 0) is 0 Å². The number of benzene rings is 3. The van der Waals surface area contributed by atoms with E-state index in [1.807, 2.05) is 42.5 Å². The minimum Gasteiger partial charge on any atom is -0.496 e. The van der Waals surface area contributed by atoms with Gasteiger partial charge in [-0.25, -0.2) is 0 Å². The molecule has 0 radical (unpaired) electrons. The molecular formula is C33H39N5O2. The monoisotopic (exact) mass is 537 g/mol. The van der Waals surface area contributed by atoms with Gasteiger partial charge in [-0.05, 0) is 79.3 Å². The van der Waals surface area contributed by atoms with Crippen molar-refractivity contribution in [3.05, 3.63) is 107 Å². The van der Waals surface area contributed by atoms with E-state index in [0.29, 0.717) is 28.7 Å². The summed E-state index contributed by atoms with van der Waals surface area (Å²) in [6.45, 7) is 10.00. The second kappa shape index (κ2) is 12.6. The zero-order chi connectivity index (χ0) is 28.8. The van der Waals surface area contributed by atoms with Crippen molar-refractivity contribution in [2.75, 3.05) is 50.2 Å². The molecule has 0 unspecified atom stereocenters. The maximum atomic E-state index is 13.5. The summed E-state index contributed by atoms with van der Waals surface area (Å²) in [6, 6.07) is 19.5. The van der Waals surface area contributed by atoms with Gasteiger partial charge in [-0.2, -0.15) is 0 Å². The highest BCUT2D eigenvalue weighted by molar-refractivity contribution is 6.11. The highest BCUT2D eigenvalue weighted by atomic mass is 16.5. The number of ketones is 1. The molecule has 3 aromatic carbocycles. The summed E-state index contributed by atoms with van der Waals surface area (Å²) in [5.74, 6) is 0.370. The average Bonchev–Trinajstić information content (AvgIpc) is 2.98. The quantitative estimate of drug-likeness (QED) is 0.218. The maximum absolute atomic E-state index is 13.5. The third kappa shape index (κ3) is 6.05. The highest BCUT2D eigenvalue weighted by Crippen LogP contribution is 2.31. The van der Waals surface area contributed by atoms with Crippen molar-refractivity contribution in [2.24, 2.45) is 5.73 Å². The van der Waals surface area contributed by atoms with Crippen molar-refractivity contribution in [1.29, 1.82) is 0 Å². The van der Waals surface area contributed by atoms with Crippen molar-refractivity contribution < 1.29 is 9.53 Å². The van der Waals surface area contributed by atoms with E-state index >= 15 is 0 Å². The van der Waals surface area contributed by atoms with Crippen molar-refractivity contribution in [2.45, 2.75) is 18.9 Å². The second-order valence-electron chi connectivity index (χ2n) is 10.2. The maximum Gasteiger partial charge on any atom is 0.208 e. The fraction of sp³-hybridized carbons (Fsp3) is 0.242. The first kappa shape index (κ1) is 28.5. The molecule has 0 bridgehead atoms. The number of hydrogen-bond acceptors (Lipinski definition) is 7. The molecule has 0 amide bonds. The first-order valence-corrected chi connectivity index (χ1v) is 13.4. The van der Waals surface area contributed by atoms with Gasteiger partial charge in [0.25, 0.3) is 0 Å². The fourth-order valence-corrected chi connectivity index (χ4v) is 5.20. The fourth-order valence-electron chi connectivity index (χ4n) is 5.20. The highest BCUT2D eigenvalue weighted by Gasteiger charge is 2.22. The smallest absolute Gasteiger partial charge is 0.208 e. The van der Waals surface area contributed by atoms with Gasteiger partial charge >= 0.3 is 0 Å². The standard InChI is InChI=1S/C33H39N5O2/c1-6-27(28-10-8-7-9-24(28)21-34)29-19-23(11-14-32(29)40-5)33(39)22(2)36-31-20-26(12-13-30(31)35)38-17-15-25(16-18-38)37(3)4/h6-14,19-21,25,36H,1-2,15-18,34-35H2,3-5H3/b24-21-,28-27+. The molecule has 5 N–H and O–H groups in total. The number of hydrogen-bond donors (Lipinski definition) is 3. The summed E-state index contributed by atoms with van der Waals surface area (Å²) in [7, 11) is 5.86. The van der Waals surface area contributed by atoms with E-state index in [9.17, 15) is 4.79 Å². The molecule has 0 aliphatic carbocycles. The summed E-state index contributed by atoms with van der Waals surface area (Å²) >= 11 is 0. The molecule has 1 aliphatic rings. The van der Waals surface area contributed by atoms with E-state index < -0.39 is 0 Å². The summed E-state index contributed by atoms with van der Waals surface area (Å²) in [5.41, 5.74) is 16.7. The van der Waals surface area contributed by atoms with E-state index in [1.165, 1.54) is 0 Å². The van der Waals surface area contributed by atoms with Crippen LogP contribution in [0.25, 0.3) is 11.8 Å². The van der Waals surface area contributed by atoms with Crippen LogP contribution < -0.4 is 36.9 Å². The molecule has 1 fully saturated rings. The van der Waals surface area contributed by atoms with Gasteiger partial charge in [0.05, 0.1) is 24.2 Å². The number of rotatable bonds is 9. The Bertz CT molecular complexity index is 1530. The number of carbonyl (C=O) groups is 1. The van der Waals surface area contributed by atoms with Crippen LogP contribution in [0.1, 0.15) is 28.8 Å². The number of nitrogens with two attached hydrogens (primary N) is 2. The molecule has 7 heteroatoms. The number of anilines is 3. The third-order valence-corrected chi connectivity index (χ3v) is 7.54. The van der Waals surface area contributed by atoms with E-state index in [0.717, 1.165) is 53.2 Å². The largest absolute Gasteiger partial charge is 0.496 e. The van der Waals surface area contributed by atoms with E-state index in [1.54, 1.807) is 37.6 Å². The van der Waals surface area contributed by atoms with Crippen LogP contribution in [0.15, 0.2) is 85.6 Å². The Balaban J connectivity index is 1.61. The molecule has 0 saturated carbocycles. The Kier molecular flexibility index (Phi) is 8.97. The normalized spacial score (nSPS) is 15.1. The molecule has 1 saturated heterocycles. The molecule has 208 valence electrons. The van der Waals surface area contributed by atoms with Crippen LogP contribution in [0.3, 0.4) is 0 Å². The molecule has 0 spiro atoms. The van der Waals surface area contributed by atoms with Gasteiger partial charge in [-0.3, -0.25) is 4.79 Å². The summed E-state index contributed by atoms with van der Waals surface area (Å²) in [5, 5.41) is 4.91. The molecule has 3 aromatic rings. The Labute approximate surface area is 236 Å². The number of piperidine rings is 1. The van der Waals surface area contributed by atoms with Gasteiger partial charge in [0.2, 0.25) is 5.78 Å². The van der Waals surface area contributed by atoms with Gasteiger partial charge in [0, 0.05) is 42.1 Å². The molecular weight excluding hydrogens is 498 g/mol. The summed E-state index contributed by atoms with van der Waals surface area (Å²) in [6.07, 6.45) is 5.50. The molecule has 0 aromatic heterocycles. The Morgan fingerprint density at radius 1 is 1.10 bits per heavy atom. The first-order chi connectivity index (χ1) is 19.3. The van der Waals surface area contributed by atoms with Crippen LogP contribution in [-0.4, -0.2) is 51.0 Å². The number of carbonyl (C=O) groups excluding carboxylic acids is 1. The number of nitrogens with zero attached hydrogens (tertiary/aromatic N) is 2. The number of ether oxygens (including phenoxy) is 1. The number of Topliss-reactive ketones (excluding diaryl/α,β-unsaturated/α-hetero) is 1. The lowest BCUT2D eigenvalue weighted by Crippen LogP contribution is -2.42. The summed E-state index contributed by atoms with van der Waals surface area (Å²) in [4.78, 5) is 18.2. The molecule has 1 aliphatic heterocycles. The van der Waals surface area contributed by atoms with Gasteiger partial charge < -0.3 is 31.3 Å². The predicted molar refractivity (Wildman–Crippen MR) is 167 cm³/mol. The average molecular weight is 538 g/mol. The van der Waals surface area contributed by atoms with Crippen molar-refractivity contribution >= 4 is 34.6 Å². The van der Waals surface area contributed by atoms with Crippen molar-refractivity contribution in [3.63, 3.8) is 0 Å². The number of nitrogen functional groups attached to an aromatic ring is 1. The lowest BCUT2D eigenvalue weighted by atomic mass is 9.96. The Hall–Kier alpha value is -4.49. The Morgan fingerprint density at radius 2 is 1.82 bits per heavy atom. The minimum absolute atomic E-state index is 0.224. The van der Waals surface area contributed by atoms with Crippen LogP contribution in [0.4, 0.5) is 17.1 Å². The van der Waals surface area contributed by atoms with Gasteiger partial charge in [-0.15, -0.1) is 0 Å². The first-order valence-electron chi connectivity index (χ1n) is 13.4. The van der Waals surface area contributed by atoms with Crippen LogP contribution in [0.2, 0.25) is 0 Å². The lowest BCUT2D eigenvalue weighted by molar-refractivity contribution is 0.103. The van der Waals surface area contributed by atoms with E-state index in [2.05, 4.69) is 42.4 Å². The lowest BCUT2D eigenvalue weighted by Gasteiger charge is -2.36. The number of allylic oxidation sites excluding steroid dienone is 2.